The maximum absolute atomic E-state index is 13.5. The Morgan fingerprint density at radius 3 is 2.44 bits per heavy atom. The third-order valence-electron chi connectivity index (χ3n) is 3.65. The number of benzene rings is 1. The summed E-state index contributed by atoms with van der Waals surface area (Å²) in [5.41, 5.74) is 5.76. The van der Waals surface area contributed by atoms with Crippen LogP contribution in [0.5, 0.6) is 0 Å². The van der Waals surface area contributed by atoms with Gasteiger partial charge in [-0.2, -0.15) is 0 Å². The fourth-order valence-corrected chi connectivity index (χ4v) is 2.57. The van der Waals surface area contributed by atoms with Gasteiger partial charge in [-0.15, -0.1) is 0 Å². The first-order valence-electron chi connectivity index (χ1n) is 6.31. The second-order valence-electron chi connectivity index (χ2n) is 4.90. The van der Waals surface area contributed by atoms with Gasteiger partial charge in [-0.25, -0.2) is 8.78 Å². The number of ketones is 1. The summed E-state index contributed by atoms with van der Waals surface area (Å²) < 4.78 is 26.9. The van der Waals surface area contributed by atoms with E-state index in [1.54, 1.807) is 0 Å². The number of hydrogen-bond donors (Lipinski definition) is 1. The summed E-state index contributed by atoms with van der Waals surface area (Å²) in [6, 6.07) is 3.48. The molecule has 2 unspecified atom stereocenters. The summed E-state index contributed by atoms with van der Waals surface area (Å²) >= 11 is 0. The Morgan fingerprint density at radius 2 is 1.83 bits per heavy atom. The van der Waals surface area contributed by atoms with Crippen LogP contribution in [0.3, 0.4) is 0 Å². The lowest BCUT2D eigenvalue weighted by Crippen LogP contribution is -2.38. The smallest absolute Gasteiger partial charge is 0.142 e. The minimum absolute atomic E-state index is 0.139. The van der Waals surface area contributed by atoms with Crippen LogP contribution in [0.4, 0.5) is 8.78 Å². The van der Waals surface area contributed by atoms with Crippen LogP contribution in [0.15, 0.2) is 18.2 Å². The Labute approximate surface area is 105 Å². The van der Waals surface area contributed by atoms with E-state index in [0.717, 1.165) is 25.7 Å². The summed E-state index contributed by atoms with van der Waals surface area (Å²) in [4.78, 5) is 12.1. The van der Waals surface area contributed by atoms with E-state index in [0.29, 0.717) is 0 Å². The summed E-state index contributed by atoms with van der Waals surface area (Å²) in [5, 5.41) is 0. The van der Waals surface area contributed by atoms with Gasteiger partial charge in [0.2, 0.25) is 0 Å². The molecule has 1 aliphatic carbocycles. The third kappa shape index (κ3) is 2.75. The Kier molecular flexibility index (Phi) is 4.07. The molecule has 18 heavy (non-hydrogen) atoms. The Hall–Kier alpha value is -1.29. The van der Waals surface area contributed by atoms with Gasteiger partial charge in [0.25, 0.3) is 0 Å². The lowest BCUT2D eigenvalue weighted by molar-refractivity contribution is -0.123. The van der Waals surface area contributed by atoms with Crippen LogP contribution < -0.4 is 5.73 Å². The zero-order chi connectivity index (χ0) is 13.1. The minimum Gasteiger partial charge on any atom is -0.327 e. The molecule has 1 fully saturated rings. The normalized spacial score (nSPS) is 23.9. The fraction of sp³-hybridized carbons (Fsp3) is 0.500. The molecule has 0 aliphatic heterocycles. The molecule has 0 spiro atoms. The molecule has 0 radical (unpaired) electrons. The molecule has 2 atom stereocenters. The second-order valence-corrected chi connectivity index (χ2v) is 4.90. The van der Waals surface area contributed by atoms with E-state index < -0.39 is 11.6 Å². The summed E-state index contributed by atoms with van der Waals surface area (Å²) in [6.45, 7) is 0. The van der Waals surface area contributed by atoms with Crippen LogP contribution in [0.25, 0.3) is 0 Å². The molecule has 0 saturated heterocycles. The fourth-order valence-electron chi connectivity index (χ4n) is 2.57. The van der Waals surface area contributed by atoms with E-state index in [2.05, 4.69) is 0 Å². The van der Waals surface area contributed by atoms with E-state index in [1.807, 2.05) is 0 Å². The molecule has 1 aliphatic rings. The molecular formula is C14H17F2NO. The van der Waals surface area contributed by atoms with Gasteiger partial charge in [0, 0.05) is 23.9 Å². The molecule has 2 N–H and O–H groups in total. The lowest BCUT2D eigenvalue weighted by Gasteiger charge is -2.27. The molecule has 0 aromatic heterocycles. The monoisotopic (exact) mass is 253 g/mol. The van der Waals surface area contributed by atoms with E-state index >= 15 is 0 Å². The zero-order valence-electron chi connectivity index (χ0n) is 10.2. The summed E-state index contributed by atoms with van der Waals surface area (Å²) in [5.74, 6) is -1.72. The van der Waals surface area contributed by atoms with E-state index in [4.69, 9.17) is 5.73 Å². The van der Waals surface area contributed by atoms with Gasteiger partial charge in [0.1, 0.15) is 17.4 Å². The zero-order valence-corrected chi connectivity index (χ0v) is 10.2. The van der Waals surface area contributed by atoms with Gasteiger partial charge in [0.05, 0.1) is 0 Å². The highest BCUT2D eigenvalue weighted by Gasteiger charge is 2.29. The van der Waals surface area contributed by atoms with Crippen molar-refractivity contribution in [3.63, 3.8) is 0 Å². The average molecular weight is 253 g/mol. The van der Waals surface area contributed by atoms with Crippen molar-refractivity contribution < 1.29 is 13.6 Å². The maximum Gasteiger partial charge on any atom is 0.142 e. The lowest BCUT2D eigenvalue weighted by atomic mass is 9.80. The van der Waals surface area contributed by atoms with Crippen molar-refractivity contribution in [2.24, 2.45) is 11.7 Å². The standard InChI is InChI=1S/C14H17F2NO/c15-11-5-3-6-12(16)10(11)8-14(18)9-4-1-2-7-13(9)17/h3,5-6,9,13H,1-2,4,7-8,17H2. The number of carbonyl (C=O) groups is 1. The van der Waals surface area contributed by atoms with Crippen LogP contribution in [0.1, 0.15) is 31.2 Å². The highest BCUT2D eigenvalue weighted by atomic mass is 19.1. The summed E-state index contributed by atoms with van der Waals surface area (Å²) in [7, 11) is 0. The van der Waals surface area contributed by atoms with Crippen LogP contribution >= 0.6 is 0 Å². The molecular weight excluding hydrogens is 236 g/mol. The second kappa shape index (κ2) is 5.57. The number of halogens is 2. The quantitative estimate of drug-likeness (QED) is 0.899. The van der Waals surface area contributed by atoms with Crippen LogP contribution in [-0.4, -0.2) is 11.8 Å². The average Bonchev–Trinajstić information content (AvgIpc) is 2.34. The maximum atomic E-state index is 13.5. The van der Waals surface area contributed by atoms with Crippen molar-refractivity contribution in [1.82, 2.24) is 0 Å². The largest absolute Gasteiger partial charge is 0.327 e. The van der Waals surface area contributed by atoms with E-state index in [1.165, 1.54) is 18.2 Å². The highest BCUT2D eigenvalue weighted by molar-refractivity contribution is 5.84. The van der Waals surface area contributed by atoms with Crippen LogP contribution in [-0.2, 0) is 11.2 Å². The number of rotatable bonds is 3. The summed E-state index contributed by atoms with van der Waals surface area (Å²) in [6.07, 6.45) is 3.34. The molecule has 0 bridgehead atoms. The first-order valence-corrected chi connectivity index (χ1v) is 6.31. The van der Waals surface area contributed by atoms with Crippen molar-refractivity contribution in [3.05, 3.63) is 35.4 Å². The van der Waals surface area contributed by atoms with Crippen molar-refractivity contribution in [2.45, 2.75) is 38.1 Å². The van der Waals surface area contributed by atoms with Crippen molar-refractivity contribution in [3.8, 4) is 0 Å². The van der Waals surface area contributed by atoms with Gasteiger partial charge in [-0.05, 0) is 25.0 Å². The molecule has 98 valence electrons. The van der Waals surface area contributed by atoms with Gasteiger partial charge in [0.15, 0.2) is 0 Å². The molecule has 2 nitrogen and oxygen atoms in total. The molecule has 2 rings (SSSR count). The molecule has 1 aromatic rings. The van der Waals surface area contributed by atoms with Crippen molar-refractivity contribution in [1.29, 1.82) is 0 Å². The van der Waals surface area contributed by atoms with Crippen LogP contribution in [0.2, 0.25) is 0 Å². The SMILES string of the molecule is NC1CCCCC1C(=O)Cc1c(F)cccc1F. The third-order valence-corrected chi connectivity index (χ3v) is 3.65. The first kappa shape index (κ1) is 13.1. The molecule has 0 heterocycles. The number of Topliss-reactive ketones (excluding diaryl/α,β-unsaturated/α-hetero) is 1. The number of hydrogen-bond acceptors (Lipinski definition) is 2. The van der Waals surface area contributed by atoms with Crippen molar-refractivity contribution in [2.75, 3.05) is 0 Å². The van der Waals surface area contributed by atoms with Gasteiger partial charge in [-0.1, -0.05) is 18.9 Å². The van der Waals surface area contributed by atoms with E-state index in [9.17, 15) is 13.6 Å². The number of nitrogens with two attached hydrogens (primary N) is 1. The predicted molar refractivity (Wildman–Crippen MR) is 65.0 cm³/mol. The Morgan fingerprint density at radius 1 is 1.22 bits per heavy atom. The van der Waals surface area contributed by atoms with Crippen molar-refractivity contribution >= 4 is 5.78 Å². The topological polar surface area (TPSA) is 43.1 Å². The number of carbonyl (C=O) groups excluding carboxylic acids is 1. The van der Waals surface area contributed by atoms with Gasteiger partial charge in [-0.3, -0.25) is 4.79 Å². The molecule has 0 amide bonds. The first-order chi connectivity index (χ1) is 8.59. The van der Waals surface area contributed by atoms with Gasteiger partial charge >= 0.3 is 0 Å². The van der Waals surface area contributed by atoms with Crippen LogP contribution in [0, 0.1) is 17.6 Å². The Bertz CT molecular complexity index is 427. The highest BCUT2D eigenvalue weighted by Crippen LogP contribution is 2.25. The van der Waals surface area contributed by atoms with Gasteiger partial charge < -0.3 is 5.73 Å². The minimum atomic E-state index is -0.660. The molecule has 1 aromatic carbocycles. The Balaban J connectivity index is 2.11. The molecule has 4 heteroatoms. The van der Waals surface area contributed by atoms with E-state index in [-0.39, 0.29) is 29.7 Å². The predicted octanol–water partition coefficient (Wildman–Crippen LogP) is 2.59. The molecule has 1 saturated carbocycles.